The third-order valence-corrected chi connectivity index (χ3v) is 3.54. The number of aliphatic carboxylic acids is 1. The van der Waals surface area contributed by atoms with Crippen LogP contribution in [0.3, 0.4) is 0 Å². The van der Waals surface area contributed by atoms with Crippen LogP contribution in [0.2, 0.25) is 0 Å². The standard InChI is InChI=1S/C13H14N2O4S/c1-7(2)10(13(17)18)15-11(16)8-6-20-12(14-8)9-4-3-5-19-9/h3-7,10H,1-2H3,(H,15,16)(H,17,18)/t10-/m0/s1. The molecule has 0 aliphatic heterocycles. The van der Waals surface area contributed by atoms with Gasteiger partial charge in [-0.2, -0.15) is 0 Å². The number of hydrogen-bond acceptors (Lipinski definition) is 5. The number of thiazole rings is 1. The van der Waals surface area contributed by atoms with Gasteiger partial charge in [-0.15, -0.1) is 11.3 Å². The smallest absolute Gasteiger partial charge is 0.326 e. The molecule has 0 aliphatic rings. The van der Waals surface area contributed by atoms with Crippen molar-refractivity contribution in [2.45, 2.75) is 19.9 Å². The molecule has 106 valence electrons. The van der Waals surface area contributed by atoms with Crippen molar-refractivity contribution in [3.63, 3.8) is 0 Å². The van der Waals surface area contributed by atoms with Gasteiger partial charge in [-0.25, -0.2) is 9.78 Å². The second-order valence-corrected chi connectivity index (χ2v) is 5.41. The van der Waals surface area contributed by atoms with E-state index in [-0.39, 0.29) is 11.6 Å². The Morgan fingerprint density at radius 1 is 1.45 bits per heavy atom. The van der Waals surface area contributed by atoms with Gasteiger partial charge in [0.05, 0.1) is 6.26 Å². The Kier molecular flexibility index (Phi) is 4.19. The first kappa shape index (κ1) is 14.3. The zero-order valence-electron chi connectivity index (χ0n) is 11.0. The van der Waals surface area contributed by atoms with Gasteiger partial charge in [0.15, 0.2) is 10.8 Å². The van der Waals surface area contributed by atoms with Gasteiger partial charge in [-0.05, 0) is 18.1 Å². The number of carbonyl (C=O) groups is 2. The van der Waals surface area contributed by atoms with Gasteiger partial charge < -0.3 is 14.8 Å². The predicted octanol–water partition coefficient (Wildman–Crippen LogP) is 2.24. The van der Waals surface area contributed by atoms with Crippen LogP contribution >= 0.6 is 11.3 Å². The van der Waals surface area contributed by atoms with Crippen molar-refractivity contribution in [3.05, 3.63) is 29.5 Å². The van der Waals surface area contributed by atoms with Gasteiger partial charge in [-0.1, -0.05) is 13.8 Å². The molecule has 0 bridgehead atoms. The number of nitrogens with one attached hydrogen (secondary N) is 1. The Labute approximate surface area is 119 Å². The maximum absolute atomic E-state index is 12.0. The van der Waals surface area contributed by atoms with Crippen LogP contribution < -0.4 is 5.32 Å². The summed E-state index contributed by atoms with van der Waals surface area (Å²) >= 11 is 1.27. The molecule has 0 radical (unpaired) electrons. The molecule has 0 aliphatic carbocycles. The third-order valence-electron chi connectivity index (χ3n) is 2.69. The molecule has 20 heavy (non-hydrogen) atoms. The highest BCUT2D eigenvalue weighted by Crippen LogP contribution is 2.23. The molecular weight excluding hydrogens is 280 g/mol. The van der Waals surface area contributed by atoms with E-state index in [1.807, 2.05) is 0 Å². The molecular formula is C13H14N2O4S. The van der Waals surface area contributed by atoms with Crippen LogP contribution in [0.25, 0.3) is 10.8 Å². The van der Waals surface area contributed by atoms with E-state index >= 15 is 0 Å². The van der Waals surface area contributed by atoms with Crippen molar-refractivity contribution >= 4 is 23.2 Å². The zero-order valence-corrected chi connectivity index (χ0v) is 11.8. The number of amides is 1. The first-order valence-corrected chi connectivity index (χ1v) is 6.90. The number of hydrogen-bond donors (Lipinski definition) is 2. The summed E-state index contributed by atoms with van der Waals surface area (Å²) in [5, 5.41) is 13.7. The van der Waals surface area contributed by atoms with Gasteiger partial charge >= 0.3 is 5.97 Å². The largest absolute Gasteiger partial charge is 0.480 e. The van der Waals surface area contributed by atoms with Crippen molar-refractivity contribution in [1.82, 2.24) is 10.3 Å². The van der Waals surface area contributed by atoms with Crippen molar-refractivity contribution in [2.75, 3.05) is 0 Å². The molecule has 2 N–H and O–H groups in total. The fourth-order valence-corrected chi connectivity index (χ4v) is 2.39. The van der Waals surface area contributed by atoms with E-state index in [1.54, 1.807) is 31.4 Å². The third kappa shape index (κ3) is 3.05. The van der Waals surface area contributed by atoms with Crippen molar-refractivity contribution in [1.29, 1.82) is 0 Å². The van der Waals surface area contributed by atoms with Crippen LogP contribution in [0.5, 0.6) is 0 Å². The van der Waals surface area contributed by atoms with Gasteiger partial charge in [0, 0.05) is 5.38 Å². The highest BCUT2D eigenvalue weighted by molar-refractivity contribution is 7.13. The van der Waals surface area contributed by atoms with Crippen LogP contribution in [-0.4, -0.2) is 28.0 Å². The van der Waals surface area contributed by atoms with Crippen molar-refractivity contribution in [2.24, 2.45) is 5.92 Å². The number of nitrogens with zero attached hydrogens (tertiary/aromatic N) is 1. The van der Waals surface area contributed by atoms with Crippen molar-refractivity contribution in [3.8, 4) is 10.8 Å². The first-order valence-electron chi connectivity index (χ1n) is 6.02. The quantitative estimate of drug-likeness (QED) is 0.882. The molecule has 2 aromatic rings. The summed E-state index contributed by atoms with van der Waals surface area (Å²) in [6, 6.07) is 2.54. The molecule has 2 heterocycles. The fourth-order valence-electron chi connectivity index (χ4n) is 1.62. The SMILES string of the molecule is CC(C)[C@H](NC(=O)c1csc(-c2ccco2)n1)C(=O)O. The monoisotopic (exact) mass is 294 g/mol. The number of carboxylic acid groups (broad SMARTS) is 1. The molecule has 7 heteroatoms. The molecule has 0 fully saturated rings. The van der Waals surface area contributed by atoms with Crippen LogP contribution in [-0.2, 0) is 4.79 Å². The Morgan fingerprint density at radius 3 is 2.75 bits per heavy atom. The van der Waals surface area contributed by atoms with Crippen LogP contribution in [0.1, 0.15) is 24.3 Å². The van der Waals surface area contributed by atoms with E-state index in [4.69, 9.17) is 9.52 Å². The number of carboxylic acids is 1. The molecule has 0 saturated heterocycles. The van der Waals surface area contributed by atoms with Gasteiger partial charge in [-0.3, -0.25) is 4.79 Å². The van der Waals surface area contributed by atoms with E-state index in [1.165, 1.54) is 17.6 Å². The minimum absolute atomic E-state index is 0.188. The molecule has 1 amide bonds. The number of aromatic nitrogens is 1. The lowest BCUT2D eigenvalue weighted by molar-refractivity contribution is -0.140. The van der Waals surface area contributed by atoms with E-state index in [0.717, 1.165) is 0 Å². The van der Waals surface area contributed by atoms with E-state index in [0.29, 0.717) is 10.8 Å². The molecule has 0 saturated carbocycles. The topological polar surface area (TPSA) is 92.4 Å². The maximum atomic E-state index is 12.0. The van der Waals surface area contributed by atoms with Crippen LogP contribution in [0.4, 0.5) is 0 Å². The molecule has 6 nitrogen and oxygen atoms in total. The lowest BCUT2D eigenvalue weighted by Crippen LogP contribution is -2.44. The first-order chi connectivity index (χ1) is 9.49. The summed E-state index contributed by atoms with van der Waals surface area (Å²) < 4.78 is 5.19. The fraction of sp³-hybridized carbons (Fsp3) is 0.308. The summed E-state index contributed by atoms with van der Waals surface area (Å²) in [5.41, 5.74) is 0.188. The highest BCUT2D eigenvalue weighted by atomic mass is 32.1. The van der Waals surface area contributed by atoms with Gasteiger partial charge in [0.1, 0.15) is 11.7 Å². The average Bonchev–Trinajstić information content (AvgIpc) is 3.04. The normalized spacial score (nSPS) is 12.3. The molecule has 0 aromatic carbocycles. The minimum Gasteiger partial charge on any atom is -0.480 e. The summed E-state index contributed by atoms with van der Waals surface area (Å²) in [7, 11) is 0. The molecule has 2 rings (SSSR count). The second-order valence-electron chi connectivity index (χ2n) is 4.55. The lowest BCUT2D eigenvalue weighted by Gasteiger charge is -2.16. The van der Waals surface area contributed by atoms with Gasteiger partial charge in [0.2, 0.25) is 0 Å². The summed E-state index contributed by atoms with van der Waals surface area (Å²) in [5.74, 6) is -1.19. The van der Waals surface area contributed by atoms with E-state index < -0.39 is 17.9 Å². The Balaban J connectivity index is 2.12. The molecule has 0 spiro atoms. The molecule has 2 aromatic heterocycles. The minimum atomic E-state index is -1.06. The van der Waals surface area contributed by atoms with Crippen molar-refractivity contribution < 1.29 is 19.1 Å². The number of furan rings is 1. The molecule has 1 atom stereocenters. The summed E-state index contributed by atoms with van der Waals surface area (Å²) in [6.45, 7) is 3.46. The highest BCUT2D eigenvalue weighted by Gasteiger charge is 2.25. The maximum Gasteiger partial charge on any atom is 0.326 e. The Hall–Kier alpha value is -2.15. The van der Waals surface area contributed by atoms with Gasteiger partial charge in [0.25, 0.3) is 5.91 Å². The number of carbonyl (C=O) groups excluding carboxylic acids is 1. The average molecular weight is 294 g/mol. The van der Waals surface area contributed by atoms with E-state index in [2.05, 4.69) is 10.3 Å². The van der Waals surface area contributed by atoms with Crippen LogP contribution in [0, 0.1) is 5.92 Å². The molecule has 0 unspecified atom stereocenters. The predicted molar refractivity (Wildman–Crippen MR) is 73.5 cm³/mol. The summed E-state index contributed by atoms with van der Waals surface area (Å²) in [6.07, 6.45) is 1.52. The summed E-state index contributed by atoms with van der Waals surface area (Å²) in [4.78, 5) is 27.2. The second kappa shape index (κ2) is 5.87. The zero-order chi connectivity index (χ0) is 14.7. The Morgan fingerprint density at radius 2 is 2.20 bits per heavy atom. The van der Waals surface area contributed by atoms with Crippen LogP contribution in [0.15, 0.2) is 28.2 Å². The number of rotatable bonds is 5. The Bertz CT molecular complexity index is 604. The lowest BCUT2D eigenvalue weighted by atomic mass is 10.0. The van der Waals surface area contributed by atoms with E-state index in [9.17, 15) is 9.59 Å².